The van der Waals surface area contributed by atoms with Crippen molar-refractivity contribution in [3.8, 4) is 0 Å². The molecule has 0 spiro atoms. The summed E-state index contributed by atoms with van der Waals surface area (Å²) in [5.74, 6) is -1.11. The first-order valence-electron chi connectivity index (χ1n) is 4.68. The van der Waals surface area contributed by atoms with Gasteiger partial charge in [-0.3, -0.25) is 4.79 Å². The van der Waals surface area contributed by atoms with E-state index in [1.54, 1.807) is 0 Å². The van der Waals surface area contributed by atoms with E-state index in [9.17, 15) is 18.0 Å². The molecular weight excluding hydrogens is 265 g/mol. The smallest absolute Gasteiger partial charge is 0.351 e. The normalized spacial score (nSPS) is 21.1. The summed E-state index contributed by atoms with van der Waals surface area (Å²) in [6.07, 6.45) is 1.77. The van der Waals surface area contributed by atoms with E-state index in [0.29, 0.717) is 6.54 Å². The zero-order valence-electron chi connectivity index (χ0n) is 8.47. The quantitative estimate of drug-likeness (QED) is 0.823. The van der Waals surface area contributed by atoms with Crippen LogP contribution in [0.15, 0.2) is 0 Å². The van der Waals surface area contributed by atoms with Gasteiger partial charge in [-0.05, 0) is 31.1 Å². The Kier molecular flexibility index (Phi) is 7.17. The van der Waals surface area contributed by atoms with Crippen LogP contribution >= 0.6 is 24.2 Å². The molecule has 0 aromatic rings. The lowest BCUT2D eigenvalue weighted by molar-refractivity contribution is -0.119. The number of piperidine rings is 1. The van der Waals surface area contributed by atoms with E-state index in [0.717, 1.165) is 19.4 Å². The highest BCUT2D eigenvalue weighted by Crippen LogP contribution is 2.29. The van der Waals surface area contributed by atoms with Gasteiger partial charge in [-0.1, -0.05) is 0 Å². The second-order valence-electron chi connectivity index (χ2n) is 3.35. The van der Waals surface area contributed by atoms with Gasteiger partial charge >= 0.3 is 5.51 Å². The van der Waals surface area contributed by atoms with Crippen LogP contribution in [-0.2, 0) is 4.79 Å². The molecule has 0 radical (unpaired) electrons. The molecule has 0 unspecified atom stereocenters. The highest BCUT2D eigenvalue weighted by Gasteiger charge is 2.29. The lowest BCUT2D eigenvalue weighted by atomic mass is 10.1. The van der Waals surface area contributed by atoms with E-state index in [2.05, 4.69) is 10.6 Å². The van der Waals surface area contributed by atoms with Gasteiger partial charge in [0.15, 0.2) is 0 Å². The highest BCUT2D eigenvalue weighted by molar-refractivity contribution is 8.00. The minimum absolute atomic E-state index is 0. The molecule has 0 bridgehead atoms. The van der Waals surface area contributed by atoms with Crippen LogP contribution < -0.4 is 10.6 Å². The van der Waals surface area contributed by atoms with Crippen molar-refractivity contribution in [2.24, 2.45) is 0 Å². The van der Waals surface area contributed by atoms with Crippen molar-refractivity contribution in [2.75, 3.05) is 18.8 Å². The zero-order valence-corrected chi connectivity index (χ0v) is 10.1. The molecule has 1 heterocycles. The molecule has 0 saturated carbocycles. The number of hydrogen-bond donors (Lipinski definition) is 2. The average Bonchev–Trinajstić information content (AvgIpc) is 2.15. The molecule has 1 aliphatic heterocycles. The summed E-state index contributed by atoms with van der Waals surface area (Å²) in [5.41, 5.74) is -4.33. The van der Waals surface area contributed by atoms with Crippen LogP contribution in [0.1, 0.15) is 12.8 Å². The number of rotatable bonds is 3. The Balaban J connectivity index is 0.00000225. The maximum Gasteiger partial charge on any atom is 0.442 e. The zero-order chi connectivity index (χ0) is 11.3. The Morgan fingerprint density at radius 3 is 2.69 bits per heavy atom. The Morgan fingerprint density at radius 1 is 1.50 bits per heavy atom. The van der Waals surface area contributed by atoms with Gasteiger partial charge in [-0.2, -0.15) is 13.2 Å². The molecule has 1 fully saturated rings. The maximum absolute atomic E-state index is 11.8. The van der Waals surface area contributed by atoms with Crippen LogP contribution in [-0.4, -0.2) is 36.3 Å². The standard InChI is InChI=1S/C8H13F3N2OS.ClH/c9-8(10,11)15-5-7(14)13-6-2-1-3-12-4-6;/h6,12H,1-5H2,(H,13,14);1H/t6-;/m1./s1. The Hall–Kier alpha value is -0.140. The molecule has 8 heteroatoms. The molecule has 0 aliphatic carbocycles. The van der Waals surface area contributed by atoms with E-state index in [4.69, 9.17) is 0 Å². The fourth-order valence-electron chi connectivity index (χ4n) is 1.39. The molecule has 0 aromatic heterocycles. The summed E-state index contributed by atoms with van der Waals surface area (Å²) in [5, 5.41) is 5.64. The van der Waals surface area contributed by atoms with Crippen LogP contribution in [0.25, 0.3) is 0 Å². The molecule has 2 N–H and O–H groups in total. The average molecular weight is 279 g/mol. The number of nitrogens with one attached hydrogen (secondary N) is 2. The van der Waals surface area contributed by atoms with E-state index < -0.39 is 17.2 Å². The van der Waals surface area contributed by atoms with Gasteiger partial charge in [-0.15, -0.1) is 12.4 Å². The topological polar surface area (TPSA) is 41.1 Å². The number of halogens is 4. The predicted molar refractivity (Wildman–Crippen MR) is 59.8 cm³/mol. The molecule has 96 valence electrons. The molecule has 3 nitrogen and oxygen atoms in total. The Labute approximate surface area is 102 Å². The van der Waals surface area contributed by atoms with Crippen molar-refractivity contribution in [1.29, 1.82) is 0 Å². The molecule has 1 aliphatic rings. The predicted octanol–water partition coefficient (Wildman–Crippen LogP) is 1.53. The SMILES string of the molecule is Cl.O=C(CSC(F)(F)F)N[C@@H]1CCCNC1. The molecule has 1 rings (SSSR count). The first kappa shape index (κ1) is 15.9. The molecular formula is C8H14ClF3N2OS. The number of carbonyl (C=O) groups excluding carboxylic acids is 1. The first-order valence-corrected chi connectivity index (χ1v) is 5.67. The lowest BCUT2D eigenvalue weighted by Gasteiger charge is -2.23. The minimum atomic E-state index is -4.33. The van der Waals surface area contributed by atoms with E-state index in [1.807, 2.05) is 0 Å². The monoisotopic (exact) mass is 278 g/mol. The van der Waals surface area contributed by atoms with Crippen LogP contribution in [0.2, 0.25) is 0 Å². The van der Waals surface area contributed by atoms with Gasteiger partial charge in [0.2, 0.25) is 5.91 Å². The van der Waals surface area contributed by atoms with Crippen LogP contribution in [0, 0.1) is 0 Å². The molecule has 16 heavy (non-hydrogen) atoms. The van der Waals surface area contributed by atoms with Crippen molar-refractivity contribution in [1.82, 2.24) is 10.6 Å². The molecule has 0 aromatic carbocycles. The van der Waals surface area contributed by atoms with Gasteiger partial charge in [0.1, 0.15) is 0 Å². The second-order valence-corrected chi connectivity index (χ2v) is 4.39. The minimum Gasteiger partial charge on any atom is -0.351 e. The summed E-state index contributed by atoms with van der Waals surface area (Å²) in [6.45, 7) is 1.55. The van der Waals surface area contributed by atoms with Crippen molar-refractivity contribution < 1.29 is 18.0 Å². The second kappa shape index (κ2) is 7.24. The van der Waals surface area contributed by atoms with Crippen LogP contribution in [0.4, 0.5) is 13.2 Å². The number of carbonyl (C=O) groups is 1. The third kappa shape index (κ3) is 7.19. The Morgan fingerprint density at radius 2 is 2.19 bits per heavy atom. The molecule has 1 atom stereocenters. The van der Waals surface area contributed by atoms with E-state index in [1.165, 1.54) is 0 Å². The lowest BCUT2D eigenvalue weighted by Crippen LogP contribution is -2.46. The summed E-state index contributed by atoms with van der Waals surface area (Å²) < 4.78 is 35.3. The van der Waals surface area contributed by atoms with E-state index in [-0.39, 0.29) is 30.2 Å². The summed E-state index contributed by atoms with van der Waals surface area (Å²) in [7, 11) is 0. The number of alkyl halides is 3. The van der Waals surface area contributed by atoms with Gasteiger partial charge in [0.05, 0.1) is 5.75 Å². The first-order chi connectivity index (χ1) is 6.97. The number of amides is 1. The van der Waals surface area contributed by atoms with Gasteiger partial charge in [0, 0.05) is 12.6 Å². The van der Waals surface area contributed by atoms with Crippen molar-refractivity contribution in [3.63, 3.8) is 0 Å². The van der Waals surface area contributed by atoms with Gasteiger partial charge in [-0.25, -0.2) is 0 Å². The van der Waals surface area contributed by atoms with Gasteiger partial charge in [0.25, 0.3) is 0 Å². The van der Waals surface area contributed by atoms with Crippen LogP contribution in [0.3, 0.4) is 0 Å². The van der Waals surface area contributed by atoms with Crippen molar-refractivity contribution in [2.45, 2.75) is 24.4 Å². The van der Waals surface area contributed by atoms with E-state index >= 15 is 0 Å². The largest absolute Gasteiger partial charge is 0.442 e. The third-order valence-corrected chi connectivity index (χ3v) is 2.76. The fourth-order valence-corrected chi connectivity index (χ4v) is 1.77. The fraction of sp³-hybridized carbons (Fsp3) is 0.875. The summed E-state index contributed by atoms with van der Waals surface area (Å²) >= 11 is -0.302. The Bertz CT molecular complexity index is 222. The summed E-state index contributed by atoms with van der Waals surface area (Å²) in [6, 6.07) is -0.0277. The van der Waals surface area contributed by atoms with Crippen molar-refractivity contribution >= 4 is 30.1 Å². The van der Waals surface area contributed by atoms with Crippen molar-refractivity contribution in [3.05, 3.63) is 0 Å². The summed E-state index contributed by atoms with van der Waals surface area (Å²) in [4.78, 5) is 11.1. The van der Waals surface area contributed by atoms with Crippen LogP contribution in [0.5, 0.6) is 0 Å². The molecule has 1 saturated heterocycles. The van der Waals surface area contributed by atoms with Gasteiger partial charge < -0.3 is 10.6 Å². The highest BCUT2D eigenvalue weighted by atomic mass is 35.5. The number of hydrogen-bond acceptors (Lipinski definition) is 3. The number of thioether (sulfide) groups is 1. The maximum atomic E-state index is 11.8. The third-order valence-electron chi connectivity index (χ3n) is 2.03. The molecule has 1 amide bonds.